The highest BCUT2D eigenvalue weighted by molar-refractivity contribution is 7.27. The molecule has 0 amide bonds. The van der Waals surface area contributed by atoms with E-state index in [1.807, 2.05) is 22.7 Å². The Balaban J connectivity index is 1.18. The van der Waals surface area contributed by atoms with Crippen molar-refractivity contribution in [2.75, 3.05) is 0 Å². The lowest BCUT2D eigenvalue weighted by Crippen LogP contribution is -2.03. The lowest BCUT2D eigenvalue weighted by atomic mass is 9.99. The van der Waals surface area contributed by atoms with Crippen LogP contribution in [-0.2, 0) is 6.42 Å². The number of rotatable bonds is 4. The van der Waals surface area contributed by atoms with Gasteiger partial charge in [0, 0.05) is 63.2 Å². The van der Waals surface area contributed by atoms with Crippen molar-refractivity contribution >= 4 is 96.9 Å². The first-order chi connectivity index (χ1) is 27.8. The molecule has 8 aromatic carbocycles. The van der Waals surface area contributed by atoms with Gasteiger partial charge >= 0.3 is 0 Å². The standard InChI is InChI=1S/C52H32N2S2/c1-3-15-32(16-4-1)34-29-35(43-28-27-40-37-19-10-13-25-45(37)56-52(40)49(53-43)33-17-5-2-6-18-33)31-36(30-34)54-44-24-12-9-22-41(44)47-48-42-23-11-14-26-46(42)55-51(48)39-21-8-7-20-38(39)50(47)54/h1-26,28-31H,27H2. The van der Waals surface area contributed by atoms with Gasteiger partial charge < -0.3 is 4.57 Å². The van der Waals surface area contributed by atoms with Gasteiger partial charge in [-0.15, -0.1) is 22.7 Å². The third kappa shape index (κ3) is 4.76. The van der Waals surface area contributed by atoms with Crippen LogP contribution >= 0.6 is 22.7 Å². The minimum absolute atomic E-state index is 0.808. The van der Waals surface area contributed by atoms with Gasteiger partial charge in [0.1, 0.15) is 0 Å². The Morgan fingerprint density at radius 2 is 1.07 bits per heavy atom. The van der Waals surface area contributed by atoms with E-state index in [1.165, 1.54) is 78.8 Å². The highest BCUT2D eigenvalue weighted by atomic mass is 32.1. The number of para-hydroxylation sites is 1. The molecule has 2 nitrogen and oxygen atoms in total. The molecule has 0 spiro atoms. The summed E-state index contributed by atoms with van der Waals surface area (Å²) in [4.78, 5) is 6.89. The number of aliphatic imine (C=N–C) groups is 1. The molecule has 12 rings (SSSR count). The van der Waals surface area contributed by atoms with Crippen LogP contribution in [0.4, 0.5) is 0 Å². The van der Waals surface area contributed by atoms with Crippen LogP contribution in [0.15, 0.2) is 187 Å². The van der Waals surface area contributed by atoms with Gasteiger partial charge in [-0.05, 0) is 64.9 Å². The van der Waals surface area contributed by atoms with Crippen molar-refractivity contribution in [2.45, 2.75) is 6.42 Å². The molecule has 0 saturated carbocycles. The molecule has 0 N–H and O–H groups in total. The summed E-state index contributed by atoms with van der Waals surface area (Å²) in [7, 11) is 0. The number of thiophene rings is 2. The van der Waals surface area contributed by atoms with Crippen LogP contribution in [0.1, 0.15) is 21.6 Å². The molecule has 0 radical (unpaired) electrons. The molecular weight excluding hydrogens is 717 g/mol. The molecule has 11 aromatic rings. The summed E-state index contributed by atoms with van der Waals surface area (Å²) >= 11 is 3.76. The minimum Gasteiger partial charge on any atom is -0.309 e. The van der Waals surface area contributed by atoms with Crippen LogP contribution < -0.4 is 0 Å². The smallest absolute Gasteiger partial charge is 0.0884 e. The molecule has 3 aromatic heterocycles. The largest absolute Gasteiger partial charge is 0.309 e. The maximum Gasteiger partial charge on any atom is 0.0884 e. The van der Waals surface area contributed by atoms with Crippen LogP contribution in [0.2, 0.25) is 0 Å². The molecule has 0 bridgehead atoms. The quantitative estimate of drug-likeness (QED) is 0.171. The topological polar surface area (TPSA) is 17.3 Å². The zero-order valence-corrected chi connectivity index (χ0v) is 31.9. The summed E-state index contributed by atoms with van der Waals surface area (Å²) < 4.78 is 6.50. The minimum atomic E-state index is 0.808. The predicted octanol–water partition coefficient (Wildman–Crippen LogP) is 14.6. The Kier molecular flexibility index (Phi) is 7.07. The average Bonchev–Trinajstić information content (AvgIpc) is 3.90. The third-order valence-corrected chi connectivity index (χ3v) is 13.8. The molecule has 0 unspecified atom stereocenters. The molecule has 0 atom stereocenters. The predicted molar refractivity (Wildman–Crippen MR) is 242 cm³/mol. The van der Waals surface area contributed by atoms with E-state index in [0.717, 1.165) is 40.2 Å². The fraction of sp³-hybridized carbons (Fsp3) is 0.0192. The van der Waals surface area contributed by atoms with Gasteiger partial charge in [0.25, 0.3) is 0 Å². The van der Waals surface area contributed by atoms with Crippen molar-refractivity contribution < 1.29 is 0 Å². The second-order valence-corrected chi connectivity index (χ2v) is 16.7. The van der Waals surface area contributed by atoms with Crippen LogP contribution in [0.5, 0.6) is 0 Å². The second-order valence-electron chi connectivity index (χ2n) is 14.6. The van der Waals surface area contributed by atoms with Crippen LogP contribution in [0.25, 0.3) is 85.3 Å². The summed E-state index contributed by atoms with van der Waals surface area (Å²) in [6, 6.07) is 64.2. The Morgan fingerprint density at radius 3 is 1.86 bits per heavy atom. The van der Waals surface area contributed by atoms with Gasteiger partial charge in [0.2, 0.25) is 0 Å². The Labute approximate surface area is 331 Å². The lowest BCUT2D eigenvalue weighted by molar-refractivity contribution is 1.18. The van der Waals surface area contributed by atoms with Crippen molar-refractivity contribution in [1.82, 2.24) is 4.57 Å². The van der Waals surface area contributed by atoms with Crippen LogP contribution in [-0.4, -0.2) is 10.3 Å². The normalized spacial score (nSPS) is 13.1. The van der Waals surface area contributed by atoms with E-state index in [9.17, 15) is 0 Å². The average molecular weight is 749 g/mol. The molecule has 0 aliphatic carbocycles. The number of fused-ring (bicyclic) bond motifs is 13. The zero-order chi connectivity index (χ0) is 36.7. The molecule has 0 saturated heterocycles. The van der Waals surface area contributed by atoms with Crippen molar-refractivity contribution in [3.63, 3.8) is 0 Å². The Bertz CT molecular complexity index is 3430. The summed E-state index contributed by atoms with van der Waals surface area (Å²) in [6.45, 7) is 0. The van der Waals surface area contributed by atoms with E-state index >= 15 is 0 Å². The number of hydrogen-bond donors (Lipinski definition) is 0. The summed E-state index contributed by atoms with van der Waals surface area (Å²) in [5.74, 6) is 0. The first-order valence-electron chi connectivity index (χ1n) is 19.1. The van der Waals surface area contributed by atoms with E-state index in [1.54, 1.807) is 0 Å². The molecule has 56 heavy (non-hydrogen) atoms. The SMILES string of the molecule is C1=C(c2cc(-c3ccccc3)cc(-n3c4ccccc4c4c5c6ccccc6sc5c5ccccc5c43)c2)N=C(c2ccccc2)c2sc3ccccc3c2C1. The number of nitrogens with zero attached hydrogens (tertiary/aromatic N) is 2. The number of benzene rings is 8. The van der Waals surface area contributed by atoms with Crippen molar-refractivity contribution in [3.05, 3.63) is 204 Å². The molecular formula is C52H32N2S2. The maximum absolute atomic E-state index is 5.63. The van der Waals surface area contributed by atoms with Crippen LogP contribution in [0.3, 0.4) is 0 Å². The summed E-state index contributed by atoms with van der Waals surface area (Å²) in [5.41, 5.74) is 11.5. The fourth-order valence-corrected chi connectivity index (χ4v) is 11.4. The molecule has 1 aliphatic heterocycles. The van der Waals surface area contributed by atoms with Gasteiger partial charge in [0.15, 0.2) is 0 Å². The highest BCUT2D eigenvalue weighted by Crippen LogP contribution is 2.48. The van der Waals surface area contributed by atoms with E-state index < -0.39 is 0 Å². The Hall–Kier alpha value is -6.59. The van der Waals surface area contributed by atoms with Gasteiger partial charge in [-0.2, -0.15) is 0 Å². The molecule has 0 fully saturated rings. The lowest BCUT2D eigenvalue weighted by Gasteiger charge is -2.15. The molecule has 4 heteroatoms. The van der Waals surface area contributed by atoms with E-state index in [0.29, 0.717) is 0 Å². The monoisotopic (exact) mass is 748 g/mol. The summed E-state index contributed by atoms with van der Waals surface area (Å²) in [6.07, 6.45) is 3.16. The molecule has 1 aliphatic rings. The van der Waals surface area contributed by atoms with Gasteiger partial charge in [-0.1, -0.05) is 146 Å². The number of hydrogen-bond acceptors (Lipinski definition) is 3. The first-order valence-corrected chi connectivity index (χ1v) is 20.7. The zero-order valence-electron chi connectivity index (χ0n) is 30.2. The van der Waals surface area contributed by atoms with Crippen molar-refractivity contribution in [2.24, 2.45) is 4.99 Å². The van der Waals surface area contributed by atoms with E-state index in [-0.39, 0.29) is 0 Å². The second kappa shape index (κ2) is 12.5. The number of aromatic nitrogens is 1. The summed E-state index contributed by atoms with van der Waals surface area (Å²) in [5, 5.41) is 9.11. The maximum atomic E-state index is 5.63. The molecule has 4 heterocycles. The molecule has 262 valence electrons. The Morgan fingerprint density at radius 1 is 0.464 bits per heavy atom. The first kappa shape index (κ1) is 31.7. The number of allylic oxidation sites excluding steroid dienone is 1. The van der Waals surface area contributed by atoms with Crippen LogP contribution in [0, 0.1) is 0 Å². The fourth-order valence-electron chi connectivity index (χ4n) is 8.95. The van der Waals surface area contributed by atoms with E-state index in [4.69, 9.17) is 4.99 Å². The van der Waals surface area contributed by atoms with Gasteiger partial charge in [0.05, 0.1) is 27.3 Å². The van der Waals surface area contributed by atoms with Crippen molar-refractivity contribution in [1.29, 1.82) is 0 Å². The van der Waals surface area contributed by atoms with Gasteiger partial charge in [-0.3, -0.25) is 0 Å². The van der Waals surface area contributed by atoms with Gasteiger partial charge in [-0.25, -0.2) is 4.99 Å². The van der Waals surface area contributed by atoms with Crippen molar-refractivity contribution in [3.8, 4) is 16.8 Å². The highest BCUT2D eigenvalue weighted by Gasteiger charge is 2.24. The third-order valence-electron chi connectivity index (χ3n) is 11.4. The van der Waals surface area contributed by atoms with E-state index in [2.05, 4.69) is 187 Å².